The van der Waals surface area contributed by atoms with E-state index in [0.29, 0.717) is 0 Å². The smallest absolute Gasteiger partial charge is 0.101 e. The Kier molecular flexibility index (Phi) is 3.57. The van der Waals surface area contributed by atoms with Crippen molar-refractivity contribution in [3.63, 3.8) is 0 Å². The van der Waals surface area contributed by atoms with E-state index in [4.69, 9.17) is 5.84 Å². The summed E-state index contributed by atoms with van der Waals surface area (Å²) in [5, 5.41) is 8.84. The Labute approximate surface area is 112 Å². The normalized spacial score (nSPS) is 17.1. The molecule has 0 aliphatic heterocycles. The predicted molar refractivity (Wildman–Crippen MR) is 73.4 cm³/mol. The summed E-state index contributed by atoms with van der Waals surface area (Å²) in [4.78, 5) is 1.65. The lowest BCUT2D eigenvalue weighted by molar-refractivity contribution is 0.259. The third kappa shape index (κ3) is 2.67. The zero-order chi connectivity index (χ0) is 13.1. The first-order chi connectivity index (χ1) is 9.36. The maximum Gasteiger partial charge on any atom is 0.101 e. The summed E-state index contributed by atoms with van der Waals surface area (Å²) < 4.78 is 0. The van der Waals surface area contributed by atoms with Crippen LogP contribution in [0.25, 0.3) is 5.69 Å². The third-order valence-electron chi connectivity index (χ3n) is 3.85. The van der Waals surface area contributed by atoms with Crippen LogP contribution in [0.4, 0.5) is 0 Å². The Bertz CT molecular complexity index is 518. The van der Waals surface area contributed by atoms with Crippen molar-refractivity contribution < 1.29 is 0 Å². The van der Waals surface area contributed by atoms with Crippen molar-refractivity contribution in [1.82, 2.24) is 20.4 Å². The molecule has 0 radical (unpaired) electrons. The van der Waals surface area contributed by atoms with Crippen LogP contribution in [0, 0.1) is 5.92 Å². The highest BCUT2D eigenvalue weighted by Gasteiger charge is 2.24. The monoisotopic (exact) mass is 257 g/mol. The van der Waals surface area contributed by atoms with Gasteiger partial charge in [-0.2, -0.15) is 15.0 Å². The van der Waals surface area contributed by atoms with Gasteiger partial charge in [-0.3, -0.25) is 11.3 Å². The van der Waals surface area contributed by atoms with Crippen LogP contribution in [-0.2, 0) is 0 Å². The topological polar surface area (TPSA) is 68.8 Å². The van der Waals surface area contributed by atoms with Crippen LogP contribution in [0.5, 0.6) is 0 Å². The fourth-order valence-electron chi connectivity index (χ4n) is 2.46. The van der Waals surface area contributed by atoms with Gasteiger partial charge in [-0.15, -0.1) is 0 Å². The molecule has 1 fully saturated rings. The molecule has 0 amide bonds. The highest BCUT2D eigenvalue weighted by Crippen LogP contribution is 2.33. The minimum absolute atomic E-state index is 0.0998. The number of hydrazine groups is 1. The zero-order valence-electron chi connectivity index (χ0n) is 10.9. The van der Waals surface area contributed by atoms with Crippen molar-refractivity contribution in [1.29, 1.82) is 0 Å². The van der Waals surface area contributed by atoms with Crippen LogP contribution in [0.1, 0.15) is 37.4 Å². The van der Waals surface area contributed by atoms with E-state index in [2.05, 4.69) is 15.6 Å². The van der Waals surface area contributed by atoms with E-state index in [1.54, 1.807) is 11.0 Å². The SMILES string of the molecule is NNC(CC1CCC1)c1cnn(-c2ccccc2)n1. The van der Waals surface area contributed by atoms with Crippen molar-refractivity contribution in [3.05, 3.63) is 42.2 Å². The maximum atomic E-state index is 5.65. The maximum absolute atomic E-state index is 5.65. The van der Waals surface area contributed by atoms with Gasteiger partial charge in [0.2, 0.25) is 0 Å². The van der Waals surface area contributed by atoms with Gasteiger partial charge in [-0.05, 0) is 24.5 Å². The molecular weight excluding hydrogens is 238 g/mol. The number of rotatable bonds is 5. The Morgan fingerprint density at radius 2 is 2.11 bits per heavy atom. The number of para-hydroxylation sites is 1. The summed E-state index contributed by atoms with van der Waals surface area (Å²) in [5.74, 6) is 6.43. The molecule has 1 aromatic heterocycles. The van der Waals surface area contributed by atoms with Crippen molar-refractivity contribution in [2.45, 2.75) is 31.7 Å². The molecule has 3 rings (SSSR count). The first-order valence-electron chi connectivity index (χ1n) is 6.80. The second-order valence-corrected chi connectivity index (χ2v) is 5.15. The van der Waals surface area contributed by atoms with E-state index in [0.717, 1.165) is 23.7 Å². The van der Waals surface area contributed by atoms with Crippen LogP contribution in [0.3, 0.4) is 0 Å². The highest BCUT2D eigenvalue weighted by molar-refractivity contribution is 5.28. The molecule has 0 spiro atoms. The molecule has 19 heavy (non-hydrogen) atoms. The molecule has 5 heteroatoms. The molecular formula is C14H19N5. The van der Waals surface area contributed by atoms with E-state index in [9.17, 15) is 0 Å². The third-order valence-corrected chi connectivity index (χ3v) is 3.85. The summed E-state index contributed by atoms with van der Waals surface area (Å²) >= 11 is 0. The first kappa shape index (κ1) is 12.3. The molecule has 0 bridgehead atoms. The predicted octanol–water partition coefficient (Wildman–Crippen LogP) is 1.96. The molecule has 3 N–H and O–H groups in total. The van der Waals surface area contributed by atoms with E-state index < -0.39 is 0 Å². The van der Waals surface area contributed by atoms with Gasteiger partial charge in [0.15, 0.2) is 0 Å². The molecule has 1 aliphatic carbocycles. The lowest BCUT2D eigenvalue weighted by atomic mass is 9.80. The average molecular weight is 257 g/mol. The Morgan fingerprint density at radius 3 is 2.74 bits per heavy atom. The summed E-state index contributed by atoms with van der Waals surface area (Å²) in [7, 11) is 0. The van der Waals surface area contributed by atoms with Crippen LogP contribution in [0.2, 0.25) is 0 Å². The zero-order valence-corrected chi connectivity index (χ0v) is 10.9. The summed E-state index contributed by atoms with van der Waals surface area (Å²) in [6.07, 6.45) is 6.81. The quantitative estimate of drug-likeness (QED) is 0.634. The molecule has 2 aromatic rings. The first-order valence-corrected chi connectivity index (χ1v) is 6.80. The number of nitrogens with one attached hydrogen (secondary N) is 1. The Morgan fingerprint density at radius 1 is 1.32 bits per heavy atom. The van der Waals surface area contributed by atoms with Gasteiger partial charge in [0.05, 0.1) is 17.9 Å². The van der Waals surface area contributed by atoms with Gasteiger partial charge in [0, 0.05) is 0 Å². The van der Waals surface area contributed by atoms with Crippen LogP contribution >= 0.6 is 0 Å². The van der Waals surface area contributed by atoms with Crippen molar-refractivity contribution in [3.8, 4) is 5.69 Å². The molecule has 1 unspecified atom stereocenters. The summed E-state index contributed by atoms with van der Waals surface area (Å²) in [6.45, 7) is 0. The summed E-state index contributed by atoms with van der Waals surface area (Å²) in [6, 6.07) is 10.0. The lowest BCUT2D eigenvalue weighted by Gasteiger charge is -2.28. The fourth-order valence-corrected chi connectivity index (χ4v) is 2.46. The van der Waals surface area contributed by atoms with E-state index in [-0.39, 0.29) is 6.04 Å². The largest absolute Gasteiger partial charge is 0.271 e. The molecule has 1 aliphatic rings. The summed E-state index contributed by atoms with van der Waals surface area (Å²) in [5.41, 5.74) is 4.75. The van der Waals surface area contributed by atoms with Crippen LogP contribution < -0.4 is 11.3 Å². The standard InChI is InChI=1S/C14H19N5/c15-17-13(9-11-5-4-6-11)14-10-16-19(18-14)12-7-2-1-3-8-12/h1-3,7-8,10-11,13,17H,4-6,9,15H2. The van der Waals surface area contributed by atoms with Crippen LogP contribution in [0.15, 0.2) is 36.5 Å². The average Bonchev–Trinajstić information content (AvgIpc) is 2.88. The lowest BCUT2D eigenvalue weighted by Crippen LogP contribution is -2.31. The van der Waals surface area contributed by atoms with Crippen molar-refractivity contribution in [2.75, 3.05) is 0 Å². The van der Waals surface area contributed by atoms with Crippen molar-refractivity contribution >= 4 is 0 Å². The number of nitrogens with two attached hydrogens (primary N) is 1. The van der Waals surface area contributed by atoms with Gasteiger partial charge in [-0.1, -0.05) is 37.5 Å². The molecule has 1 aromatic carbocycles. The molecule has 0 saturated heterocycles. The molecule has 5 nitrogen and oxygen atoms in total. The Hall–Kier alpha value is -1.72. The second-order valence-electron chi connectivity index (χ2n) is 5.15. The van der Waals surface area contributed by atoms with E-state index >= 15 is 0 Å². The minimum Gasteiger partial charge on any atom is -0.271 e. The van der Waals surface area contributed by atoms with E-state index in [1.165, 1.54) is 19.3 Å². The number of nitrogens with zero attached hydrogens (tertiary/aromatic N) is 3. The van der Waals surface area contributed by atoms with Gasteiger partial charge in [-0.25, -0.2) is 0 Å². The Balaban J connectivity index is 1.75. The van der Waals surface area contributed by atoms with Gasteiger partial charge >= 0.3 is 0 Å². The number of aromatic nitrogens is 3. The number of hydrogen-bond donors (Lipinski definition) is 2. The molecule has 100 valence electrons. The van der Waals surface area contributed by atoms with E-state index in [1.807, 2.05) is 30.3 Å². The highest BCUT2D eigenvalue weighted by atomic mass is 15.5. The van der Waals surface area contributed by atoms with Crippen molar-refractivity contribution in [2.24, 2.45) is 11.8 Å². The second kappa shape index (κ2) is 5.50. The minimum atomic E-state index is 0.0998. The number of benzene rings is 1. The van der Waals surface area contributed by atoms with Crippen LogP contribution in [-0.4, -0.2) is 15.0 Å². The fraction of sp³-hybridized carbons (Fsp3) is 0.429. The number of hydrogen-bond acceptors (Lipinski definition) is 4. The van der Waals surface area contributed by atoms with Gasteiger partial charge < -0.3 is 0 Å². The molecule has 1 heterocycles. The molecule has 1 atom stereocenters. The molecule has 1 saturated carbocycles. The van der Waals surface area contributed by atoms with Gasteiger partial charge in [0.25, 0.3) is 0 Å². The van der Waals surface area contributed by atoms with Gasteiger partial charge in [0.1, 0.15) is 5.69 Å².